The summed E-state index contributed by atoms with van der Waals surface area (Å²) in [5.74, 6) is 5.50. The Kier molecular flexibility index (Phi) is 10.2. The highest BCUT2D eigenvalue weighted by Crippen LogP contribution is 2.13. The number of furan rings is 1. The summed E-state index contributed by atoms with van der Waals surface area (Å²) in [6.45, 7) is 7.28. The van der Waals surface area contributed by atoms with Crippen molar-refractivity contribution in [3.63, 3.8) is 0 Å². The quantitative estimate of drug-likeness (QED) is 0.0684. The first-order chi connectivity index (χ1) is 15.0. The largest absolute Gasteiger partial charge is 0.433 e. The summed E-state index contributed by atoms with van der Waals surface area (Å²) in [5.41, 5.74) is 16.1. The van der Waals surface area contributed by atoms with Crippen LogP contribution in [0.15, 0.2) is 31.6 Å². The summed E-state index contributed by atoms with van der Waals surface area (Å²) in [6.07, 6.45) is 3.13. The molecule has 1 saturated heterocycles. The van der Waals surface area contributed by atoms with Gasteiger partial charge < -0.3 is 25.7 Å². The number of nitro groups is 1. The van der Waals surface area contributed by atoms with Crippen molar-refractivity contribution in [1.29, 1.82) is 0 Å². The van der Waals surface area contributed by atoms with Crippen molar-refractivity contribution in [2.24, 2.45) is 32.4 Å². The number of nitrogens with two attached hydrogens (primary N) is 3. The number of rotatable bonds is 11. The minimum atomic E-state index is -0.616. The van der Waals surface area contributed by atoms with Gasteiger partial charge in [-0.15, -0.1) is 0 Å². The van der Waals surface area contributed by atoms with Gasteiger partial charge in [-0.2, -0.15) is 5.10 Å². The third-order valence-corrected chi connectivity index (χ3v) is 4.61. The van der Waals surface area contributed by atoms with E-state index >= 15 is 0 Å². The van der Waals surface area contributed by atoms with Crippen LogP contribution in [-0.4, -0.2) is 85.2 Å². The predicted molar refractivity (Wildman–Crippen MR) is 119 cm³/mol. The van der Waals surface area contributed by atoms with Crippen molar-refractivity contribution < 1.29 is 9.34 Å². The monoisotopic (exact) mass is 437 g/mol. The lowest BCUT2D eigenvalue weighted by Gasteiger charge is -2.34. The van der Waals surface area contributed by atoms with Gasteiger partial charge in [0.1, 0.15) is 4.92 Å². The van der Waals surface area contributed by atoms with Gasteiger partial charge in [-0.25, -0.2) is 11.3 Å². The summed E-state index contributed by atoms with van der Waals surface area (Å²) in [6, 6.07) is 2.70. The molecule has 1 fully saturated rings. The Labute approximate surface area is 180 Å². The zero-order chi connectivity index (χ0) is 22.5. The topological polar surface area (TPSA) is 202 Å². The molecule has 1 aliphatic heterocycles. The molecule has 172 valence electrons. The van der Waals surface area contributed by atoms with Crippen LogP contribution in [0.4, 0.5) is 5.88 Å². The van der Waals surface area contributed by atoms with E-state index in [4.69, 9.17) is 21.7 Å². The Morgan fingerprint density at radius 3 is 2.19 bits per heavy atom. The van der Waals surface area contributed by atoms with Crippen molar-refractivity contribution in [3.8, 4) is 0 Å². The fourth-order valence-corrected chi connectivity index (χ4v) is 2.98. The summed E-state index contributed by atoms with van der Waals surface area (Å²) in [4.78, 5) is 23.1. The van der Waals surface area contributed by atoms with E-state index in [2.05, 4.69) is 35.7 Å². The maximum absolute atomic E-state index is 10.6. The number of nitrogens with zero attached hydrogens (tertiary/aromatic N) is 6. The second-order valence-electron chi connectivity index (χ2n) is 6.87. The second-order valence-corrected chi connectivity index (χ2v) is 6.87. The van der Waals surface area contributed by atoms with Gasteiger partial charge in [0.15, 0.2) is 5.76 Å². The van der Waals surface area contributed by atoms with E-state index in [1.54, 1.807) is 0 Å². The lowest BCUT2D eigenvalue weighted by atomic mass is 10.2. The first kappa shape index (κ1) is 24.0. The highest BCUT2D eigenvalue weighted by atomic mass is 16.6. The van der Waals surface area contributed by atoms with Gasteiger partial charge in [-0.05, 0) is 18.9 Å². The Morgan fingerprint density at radius 2 is 1.68 bits per heavy atom. The molecule has 0 spiro atoms. The van der Waals surface area contributed by atoms with Crippen LogP contribution >= 0.6 is 0 Å². The molecular weight excluding hydrogens is 406 g/mol. The van der Waals surface area contributed by atoms with E-state index < -0.39 is 4.92 Å². The van der Waals surface area contributed by atoms with E-state index in [0.717, 1.165) is 52.1 Å². The SMILES string of the molecule is NNC(N)=NCCCN1CCN(CCCN=C(N)NN=Cc2ccc([N+](=O)[O-])o2)CC1. The fraction of sp³-hybridized carbons (Fsp3) is 0.588. The number of nitrogens with one attached hydrogen (secondary N) is 2. The van der Waals surface area contributed by atoms with Gasteiger partial charge in [0.2, 0.25) is 11.9 Å². The molecule has 14 heteroatoms. The van der Waals surface area contributed by atoms with Crippen LogP contribution in [0.1, 0.15) is 18.6 Å². The second kappa shape index (κ2) is 13.1. The van der Waals surface area contributed by atoms with E-state index in [9.17, 15) is 10.1 Å². The molecule has 1 aliphatic rings. The van der Waals surface area contributed by atoms with Crippen molar-refractivity contribution in [2.45, 2.75) is 12.8 Å². The third kappa shape index (κ3) is 9.41. The van der Waals surface area contributed by atoms with E-state index in [-0.39, 0.29) is 23.6 Å². The molecule has 1 aromatic heterocycles. The average Bonchev–Trinajstić information content (AvgIpc) is 3.24. The van der Waals surface area contributed by atoms with Crippen molar-refractivity contribution in [1.82, 2.24) is 20.7 Å². The first-order valence-corrected chi connectivity index (χ1v) is 10.0. The molecule has 2 heterocycles. The van der Waals surface area contributed by atoms with Crippen molar-refractivity contribution >= 4 is 24.0 Å². The molecule has 14 nitrogen and oxygen atoms in total. The van der Waals surface area contributed by atoms with Crippen LogP contribution < -0.4 is 28.2 Å². The molecule has 0 amide bonds. The lowest BCUT2D eigenvalue weighted by Crippen LogP contribution is -2.47. The Bertz CT molecular complexity index is 769. The summed E-state index contributed by atoms with van der Waals surface area (Å²) < 4.78 is 4.95. The molecule has 31 heavy (non-hydrogen) atoms. The molecule has 0 aliphatic carbocycles. The molecule has 2 rings (SSSR count). The molecule has 0 radical (unpaired) electrons. The van der Waals surface area contributed by atoms with Crippen molar-refractivity contribution in [2.75, 3.05) is 52.4 Å². The molecule has 0 aromatic carbocycles. The van der Waals surface area contributed by atoms with Gasteiger partial charge >= 0.3 is 5.88 Å². The summed E-state index contributed by atoms with van der Waals surface area (Å²) in [7, 11) is 0. The molecule has 1 aromatic rings. The van der Waals surface area contributed by atoms with Crippen LogP contribution in [0.25, 0.3) is 0 Å². The summed E-state index contributed by atoms with van der Waals surface area (Å²) in [5, 5.41) is 14.4. The Balaban J connectivity index is 1.55. The summed E-state index contributed by atoms with van der Waals surface area (Å²) >= 11 is 0. The molecule has 0 bridgehead atoms. The van der Waals surface area contributed by atoms with Gasteiger partial charge in [0.05, 0.1) is 12.3 Å². The zero-order valence-corrected chi connectivity index (χ0v) is 17.4. The number of hydrazine groups is 1. The minimum absolute atomic E-state index is 0.176. The number of hydrazone groups is 1. The number of guanidine groups is 2. The standard InChI is InChI=1S/C17H31N11O3/c18-16(24-20)21-5-1-7-26-9-11-27(12-10-26)8-2-6-22-17(19)25-23-13-14-3-4-15(31-14)28(29)30/h3-4,13H,1-2,5-12,20H2,(H3,18,21,24)(H3,19,22,25). The van der Waals surface area contributed by atoms with Crippen LogP contribution in [0.5, 0.6) is 0 Å². The van der Waals surface area contributed by atoms with E-state index in [1.165, 1.54) is 18.3 Å². The highest BCUT2D eigenvalue weighted by Gasteiger charge is 2.15. The zero-order valence-electron chi connectivity index (χ0n) is 17.4. The van der Waals surface area contributed by atoms with Crippen LogP contribution in [0.2, 0.25) is 0 Å². The molecule has 0 unspecified atom stereocenters. The number of piperazine rings is 1. The van der Waals surface area contributed by atoms with E-state index in [1.807, 2.05) is 0 Å². The van der Waals surface area contributed by atoms with Gasteiger partial charge in [0, 0.05) is 52.4 Å². The van der Waals surface area contributed by atoms with Gasteiger partial charge in [0.25, 0.3) is 0 Å². The highest BCUT2D eigenvalue weighted by molar-refractivity contribution is 5.81. The van der Waals surface area contributed by atoms with E-state index in [0.29, 0.717) is 13.1 Å². The fourth-order valence-electron chi connectivity index (χ4n) is 2.98. The smallest absolute Gasteiger partial charge is 0.400 e. The molecule has 0 atom stereocenters. The predicted octanol–water partition coefficient (Wildman–Crippen LogP) is -1.40. The molecular formula is C17H31N11O3. The van der Waals surface area contributed by atoms with Crippen LogP contribution in [0.3, 0.4) is 0 Å². The first-order valence-electron chi connectivity index (χ1n) is 10.0. The Morgan fingerprint density at radius 1 is 1.10 bits per heavy atom. The van der Waals surface area contributed by atoms with Crippen LogP contribution in [0, 0.1) is 10.1 Å². The Hall–Kier alpha value is -3.23. The minimum Gasteiger partial charge on any atom is -0.400 e. The van der Waals surface area contributed by atoms with Gasteiger partial charge in [-0.3, -0.25) is 25.5 Å². The van der Waals surface area contributed by atoms with Crippen molar-refractivity contribution in [3.05, 3.63) is 28.0 Å². The maximum atomic E-state index is 10.6. The number of aliphatic imine (C=N–C) groups is 2. The lowest BCUT2D eigenvalue weighted by molar-refractivity contribution is -0.402. The number of hydrogen-bond donors (Lipinski definition) is 5. The number of hydrogen-bond acceptors (Lipinski definition) is 9. The van der Waals surface area contributed by atoms with Gasteiger partial charge in [-0.1, -0.05) is 0 Å². The normalized spacial score (nSPS) is 16.7. The third-order valence-electron chi connectivity index (χ3n) is 4.61. The van der Waals surface area contributed by atoms with Crippen LogP contribution in [-0.2, 0) is 0 Å². The molecule has 0 saturated carbocycles. The molecule has 8 N–H and O–H groups in total. The average molecular weight is 438 g/mol. The maximum Gasteiger partial charge on any atom is 0.433 e.